The van der Waals surface area contributed by atoms with Crippen LogP contribution in [0, 0.1) is 0 Å². The SMILES string of the molecule is CCCCCCCCCCCCCCCCCCCCCCCCCCCCCC[Si](C)(O[Si](C)(C)C)O[Si](C)(C)C. The van der Waals surface area contributed by atoms with Gasteiger partial charge in [-0.1, -0.05) is 187 Å². The highest BCUT2D eigenvalue weighted by atomic mass is 28.5. The first-order valence-electron chi connectivity index (χ1n) is 19.4. The normalized spacial score (nSPS) is 12.9. The van der Waals surface area contributed by atoms with Crippen molar-refractivity contribution in [1.29, 1.82) is 0 Å². The van der Waals surface area contributed by atoms with Gasteiger partial charge in [-0.2, -0.15) is 0 Å². The van der Waals surface area contributed by atoms with Crippen molar-refractivity contribution in [2.24, 2.45) is 0 Å². The van der Waals surface area contributed by atoms with E-state index in [2.05, 4.69) is 52.8 Å². The molecule has 0 saturated heterocycles. The lowest BCUT2D eigenvalue weighted by molar-refractivity contribution is 0.380. The third kappa shape index (κ3) is 33.5. The highest BCUT2D eigenvalue weighted by molar-refractivity contribution is 6.87. The van der Waals surface area contributed by atoms with Gasteiger partial charge < -0.3 is 8.23 Å². The molecule has 0 aliphatic rings. The van der Waals surface area contributed by atoms with Crippen LogP contribution >= 0.6 is 0 Å². The maximum atomic E-state index is 6.65. The van der Waals surface area contributed by atoms with E-state index in [0.717, 1.165) is 0 Å². The summed E-state index contributed by atoms with van der Waals surface area (Å²) in [6, 6.07) is 1.18. The Morgan fingerprint density at radius 3 is 0.667 bits per heavy atom. The minimum Gasteiger partial charge on any atom is -0.437 e. The largest absolute Gasteiger partial charge is 0.437 e. The molecule has 42 heavy (non-hydrogen) atoms. The zero-order valence-corrected chi connectivity index (χ0v) is 33.8. The van der Waals surface area contributed by atoms with Gasteiger partial charge in [0.2, 0.25) is 0 Å². The monoisotopic (exact) mass is 643 g/mol. The van der Waals surface area contributed by atoms with E-state index in [4.69, 9.17) is 8.23 Å². The minimum atomic E-state index is -2.02. The summed E-state index contributed by atoms with van der Waals surface area (Å²) in [6.07, 6.45) is 40.7. The Kier molecular flexibility index (Phi) is 28.2. The molecule has 0 aromatic heterocycles. The summed E-state index contributed by atoms with van der Waals surface area (Å²) in [7, 11) is -5.13. The lowest BCUT2D eigenvalue weighted by Gasteiger charge is -2.38. The maximum Gasteiger partial charge on any atom is 0.314 e. The zero-order valence-electron chi connectivity index (χ0n) is 30.8. The average molecular weight is 643 g/mol. The lowest BCUT2D eigenvalue weighted by atomic mass is 10.0. The second-order valence-electron chi connectivity index (χ2n) is 15.9. The topological polar surface area (TPSA) is 18.5 Å². The molecule has 0 aliphatic carbocycles. The molecular weight excluding hydrogens is 561 g/mol. The van der Waals surface area contributed by atoms with Crippen LogP contribution in [0.15, 0.2) is 0 Å². The first kappa shape index (κ1) is 42.6. The molecule has 0 saturated carbocycles. The number of hydrogen-bond donors (Lipinski definition) is 0. The van der Waals surface area contributed by atoms with E-state index in [9.17, 15) is 0 Å². The second-order valence-corrected chi connectivity index (χ2v) is 28.7. The van der Waals surface area contributed by atoms with Crippen LogP contribution in [0.1, 0.15) is 187 Å². The first-order chi connectivity index (χ1) is 20.0. The van der Waals surface area contributed by atoms with E-state index >= 15 is 0 Å². The summed E-state index contributed by atoms with van der Waals surface area (Å²) >= 11 is 0. The molecule has 0 amide bonds. The third-order valence-electron chi connectivity index (χ3n) is 8.53. The number of hydrogen-bond acceptors (Lipinski definition) is 2. The smallest absolute Gasteiger partial charge is 0.314 e. The zero-order chi connectivity index (χ0) is 31.4. The Bertz CT molecular complexity index is 540. The van der Waals surface area contributed by atoms with Gasteiger partial charge in [-0.15, -0.1) is 0 Å². The summed E-state index contributed by atoms with van der Waals surface area (Å²) in [4.78, 5) is 0. The molecule has 2 nitrogen and oxygen atoms in total. The van der Waals surface area contributed by atoms with Gasteiger partial charge in [-0.3, -0.25) is 0 Å². The van der Waals surface area contributed by atoms with Gasteiger partial charge in [0.05, 0.1) is 0 Å². The van der Waals surface area contributed by atoms with Gasteiger partial charge in [-0.25, -0.2) is 0 Å². The van der Waals surface area contributed by atoms with E-state index in [1.807, 2.05) is 0 Å². The van der Waals surface area contributed by atoms with Crippen molar-refractivity contribution in [3.63, 3.8) is 0 Å². The molecule has 254 valence electrons. The fraction of sp³-hybridized carbons (Fsp3) is 1.00. The molecule has 0 N–H and O–H groups in total. The van der Waals surface area contributed by atoms with E-state index in [1.54, 1.807) is 0 Å². The van der Waals surface area contributed by atoms with E-state index in [-0.39, 0.29) is 0 Å². The molecule has 0 atom stereocenters. The molecule has 0 heterocycles. The van der Waals surface area contributed by atoms with Gasteiger partial charge in [0.25, 0.3) is 0 Å². The van der Waals surface area contributed by atoms with Crippen LogP contribution in [0.3, 0.4) is 0 Å². The quantitative estimate of drug-likeness (QED) is 0.0524. The fourth-order valence-electron chi connectivity index (χ4n) is 6.53. The highest BCUT2D eigenvalue weighted by Crippen LogP contribution is 2.27. The number of rotatable bonds is 33. The van der Waals surface area contributed by atoms with Crippen LogP contribution in [0.5, 0.6) is 0 Å². The molecule has 0 rings (SSSR count). The Labute approximate surface area is 271 Å². The third-order valence-corrected chi connectivity index (χ3v) is 18.1. The van der Waals surface area contributed by atoms with Crippen molar-refractivity contribution < 1.29 is 8.23 Å². The van der Waals surface area contributed by atoms with Crippen LogP contribution in [0.4, 0.5) is 0 Å². The van der Waals surface area contributed by atoms with Crippen LogP contribution < -0.4 is 0 Å². The van der Waals surface area contributed by atoms with Crippen LogP contribution in [-0.2, 0) is 8.23 Å². The Balaban J connectivity index is 3.37. The Morgan fingerprint density at radius 1 is 0.286 bits per heavy atom. The van der Waals surface area contributed by atoms with E-state index in [0.29, 0.717) is 0 Å². The van der Waals surface area contributed by atoms with Crippen molar-refractivity contribution in [1.82, 2.24) is 0 Å². The van der Waals surface area contributed by atoms with Gasteiger partial charge >= 0.3 is 8.56 Å². The summed E-state index contributed by atoms with van der Waals surface area (Å²) in [5.74, 6) is 0. The average Bonchev–Trinajstić information content (AvgIpc) is 2.88. The van der Waals surface area contributed by atoms with Crippen LogP contribution in [0.2, 0.25) is 51.9 Å². The van der Waals surface area contributed by atoms with Gasteiger partial charge in [-0.05, 0) is 51.9 Å². The van der Waals surface area contributed by atoms with Gasteiger partial charge in [0, 0.05) is 0 Å². The Morgan fingerprint density at radius 2 is 0.476 bits per heavy atom. The van der Waals surface area contributed by atoms with E-state index < -0.39 is 25.2 Å². The molecule has 0 aliphatic heterocycles. The second kappa shape index (κ2) is 27.8. The molecule has 0 radical (unpaired) electrons. The van der Waals surface area contributed by atoms with Crippen molar-refractivity contribution in [3.05, 3.63) is 0 Å². The van der Waals surface area contributed by atoms with Crippen molar-refractivity contribution in [2.75, 3.05) is 0 Å². The highest BCUT2D eigenvalue weighted by Gasteiger charge is 2.39. The summed E-state index contributed by atoms with van der Waals surface area (Å²) < 4.78 is 13.3. The standard InChI is InChI=1S/C37H82O2Si3/c1-9-10-11-12-13-14-15-16-17-18-19-20-21-22-23-24-25-26-27-28-29-30-31-32-33-34-35-36-37-42(8,38-40(2,3)4)39-41(5,6)7/h9-37H2,1-8H3. The predicted octanol–water partition coefficient (Wildman–Crippen LogP) is 14.7. The minimum absolute atomic E-state index is 1.18. The van der Waals surface area contributed by atoms with Crippen molar-refractivity contribution in [3.8, 4) is 0 Å². The first-order valence-corrected chi connectivity index (χ1v) is 28.7. The predicted molar refractivity (Wildman–Crippen MR) is 200 cm³/mol. The van der Waals surface area contributed by atoms with Gasteiger partial charge in [0.1, 0.15) is 0 Å². The molecule has 0 unspecified atom stereocenters. The molecule has 0 bridgehead atoms. The van der Waals surface area contributed by atoms with Crippen molar-refractivity contribution in [2.45, 2.75) is 239 Å². The molecular formula is C37H82O2Si3. The summed E-state index contributed by atoms with van der Waals surface area (Å²) in [5, 5.41) is 0. The van der Waals surface area contributed by atoms with E-state index in [1.165, 1.54) is 186 Å². The van der Waals surface area contributed by atoms with Crippen LogP contribution in [0.25, 0.3) is 0 Å². The summed E-state index contributed by atoms with van der Waals surface area (Å²) in [6.45, 7) is 18.5. The number of unbranched alkanes of at least 4 members (excludes halogenated alkanes) is 27. The lowest BCUT2D eigenvalue weighted by Crippen LogP contribution is -2.52. The summed E-state index contributed by atoms with van der Waals surface area (Å²) in [5.41, 5.74) is 0. The molecule has 0 fully saturated rings. The Hall–Kier alpha value is 0.571. The van der Waals surface area contributed by atoms with Crippen LogP contribution in [-0.4, -0.2) is 25.2 Å². The molecule has 5 heteroatoms. The molecule has 0 spiro atoms. The maximum absolute atomic E-state index is 6.65. The van der Waals surface area contributed by atoms with Crippen molar-refractivity contribution >= 4 is 25.2 Å². The van der Waals surface area contributed by atoms with Gasteiger partial charge in [0.15, 0.2) is 16.6 Å². The molecule has 0 aromatic rings. The molecule has 0 aromatic carbocycles. The fourth-order valence-corrected chi connectivity index (χ4v) is 19.1.